The van der Waals surface area contributed by atoms with E-state index in [1.165, 1.54) is 0 Å². The van der Waals surface area contributed by atoms with Crippen molar-refractivity contribution in [2.75, 3.05) is 0 Å². The lowest BCUT2D eigenvalue weighted by Gasteiger charge is -2.21. The predicted octanol–water partition coefficient (Wildman–Crippen LogP) is 4.36. The van der Waals surface area contributed by atoms with Gasteiger partial charge in [0.25, 0.3) is 0 Å². The van der Waals surface area contributed by atoms with Gasteiger partial charge in [-0.15, -0.1) is 0 Å². The topological polar surface area (TPSA) is 48.3 Å². The number of ether oxygens (including phenoxy) is 1. The first kappa shape index (κ1) is 16.6. The van der Waals surface area contributed by atoms with Gasteiger partial charge in [0.15, 0.2) is 11.9 Å². The summed E-state index contributed by atoms with van der Waals surface area (Å²) in [4.78, 5) is 24.9. The van der Waals surface area contributed by atoms with Crippen LogP contribution in [0.1, 0.15) is 41.7 Å². The van der Waals surface area contributed by atoms with Crippen molar-refractivity contribution < 1.29 is 14.3 Å². The number of ketones is 1. The second kappa shape index (κ2) is 7.16. The zero-order chi connectivity index (χ0) is 17.9. The summed E-state index contributed by atoms with van der Waals surface area (Å²) in [5, 5.41) is 0.991. The summed E-state index contributed by atoms with van der Waals surface area (Å²) in [5.74, 6) is -0.382. The molecule has 1 fully saturated rings. The molecule has 1 aliphatic carbocycles. The van der Waals surface area contributed by atoms with Gasteiger partial charge in [-0.1, -0.05) is 48.5 Å². The van der Waals surface area contributed by atoms with E-state index in [0.29, 0.717) is 25.1 Å². The first-order chi connectivity index (χ1) is 12.7. The monoisotopic (exact) mass is 347 g/mol. The quantitative estimate of drug-likeness (QED) is 0.659. The minimum Gasteiger partial charge on any atom is -0.450 e. The van der Waals surface area contributed by atoms with Crippen LogP contribution >= 0.6 is 0 Å². The van der Waals surface area contributed by atoms with Gasteiger partial charge in [-0.25, -0.2) is 4.79 Å². The zero-order valence-corrected chi connectivity index (χ0v) is 14.6. The number of benzene rings is 2. The van der Waals surface area contributed by atoms with Crippen molar-refractivity contribution in [1.29, 1.82) is 0 Å². The van der Waals surface area contributed by atoms with Crippen LogP contribution in [0.25, 0.3) is 10.9 Å². The summed E-state index contributed by atoms with van der Waals surface area (Å²) in [6.07, 6.45) is 2.35. The molecule has 26 heavy (non-hydrogen) atoms. The fourth-order valence-corrected chi connectivity index (χ4v) is 3.58. The van der Waals surface area contributed by atoms with E-state index in [4.69, 9.17) is 4.74 Å². The van der Waals surface area contributed by atoms with Crippen molar-refractivity contribution in [3.8, 4) is 0 Å². The van der Waals surface area contributed by atoms with Crippen LogP contribution in [-0.2, 0) is 16.1 Å². The Balaban J connectivity index is 1.68. The molecule has 0 saturated heterocycles. The maximum Gasteiger partial charge on any atom is 0.355 e. The first-order valence-electron chi connectivity index (χ1n) is 9.08. The number of fused-ring (bicyclic) bond motifs is 1. The molecule has 2 aromatic carbocycles. The van der Waals surface area contributed by atoms with Crippen LogP contribution in [0, 0.1) is 0 Å². The number of hydrogen-bond acceptors (Lipinski definition) is 3. The molecule has 132 valence electrons. The summed E-state index contributed by atoms with van der Waals surface area (Å²) in [6.45, 7) is 0.581. The Morgan fingerprint density at radius 2 is 1.81 bits per heavy atom. The van der Waals surface area contributed by atoms with Crippen molar-refractivity contribution in [2.24, 2.45) is 0 Å². The standard InChI is InChI=1S/C22H21NO3/c24-20-12-6-7-13-21(20)26-22(25)19-14-17-10-4-5-11-18(17)23(19)15-16-8-2-1-3-9-16/h1-5,8-11,14,21H,6-7,12-13,15H2/t21-/m1/s1. The number of Topliss-reactive ketones (excluding diaryl/α,β-unsaturated/α-hetero) is 1. The summed E-state index contributed by atoms with van der Waals surface area (Å²) < 4.78 is 7.56. The Labute approximate surface area is 152 Å². The van der Waals surface area contributed by atoms with Crippen molar-refractivity contribution in [3.63, 3.8) is 0 Å². The van der Waals surface area contributed by atoms with E-state index in [-0.39, 0.29) is 5.78 Å². The molecule has 4 heteroatoms. The van der Waals surface area contributed by atoms with Gasteiger partial charge < -0.3 is 9.30 Å². The van der Waals surface area contributed by atoms with Crippen LogP contribution in [0.3, 0.4) is 0 Å². The molecule has 0 aliphatic heterocycles. The van der Waals surface area contributed by atoms with E-state index in [1.807, 2.05) is 65.2 Å². The van der Waals surface area contributed by atoms with Crippen LogP contribution < -0.4 is 0 Å². The number of aromatic nitrogens is 1. The zero-order valence-electron chi connectivity index (χ0n) is 14.6. The van der Waals surface area contributed by atoms with Gasteiger partial charge in [-0.2, -0.15) is 0 Å². The third-order valence-corrected chi connectivity index (χ3v) is 4.95. The van der Waals surface area contributed by atoms with Gasteiger partial charge in [0, 0.05) is 23.9 Å². The SMILES string of the molecule is O=C(O[C@@H]1CCCCC1=O)c1cc2ccccc2n1Cc1ccccc1. The largest absolute Gasteiger partial charge is 0.450 e. The minimum atomic E-state index is -0.598. The highest BCUT2D eigenvalue weighted by Crippen LogP contribution is 2.24. The van der Waals surface area contributed by atoms with Crippen molar-refractivity contribution in [2.45, 2.75) is 38.3 Å². The molecule has 1 heterocycles. The van der Waals surface area contributed by atoms with Crippen LogP contribution in [0.2, 0.25) is 0 Å². The molecule has 4 rings (SSSR count). The van der Waals surface area contributed by atoms with E-state index in [9.17, 15) is 9.59 Å². The number of carbonyl (C=O) groups is 2. The van der Waals surface area contributed by atoms with Gasteiger partial charge in [-0.05, 0) is 37.0 Å². The average molecular weight is 347 g/mol. The van der Waals surface area contributed by atoms with Crippen molar-refractivity contribution in [1.82, 2.24) is 4.57 Å². The Hall–Kier alpha value is -2.88. The van der Waals surface area contributed by atoms with Gasteiger partial charge in [0.05, 0.1) is 0 Å². The third kappa shape index (κ3) is 3.27. The summed E-state index contributed by atoms with van der Waals surface area (Å²) in [7, 11) is 0. The second-order valence-electron chi connectivity index (χ2n) is 6.77. The third-order valence-electron chi connectivity index (χ3n) is 4.95. The fourth-order valence-electron chi connectivity index (χ4n) is 3.58. The molecule has 1 aromatic heterocycles. The van der Waals surface area contributed by atoms with Crippen LogP contribution in [-0.4, -0.2) is 22.4 Å². The fraction of sp³-hybridized carbons (Fsp3) is 0.273. The van der Waals surface area contributed by atoms with E-state index < -0.39 is 12.1 Å². The van der Waals surface area contributed by atoms with Crippen LogP contribution in [0.4, 0.5) is 0 Å². The van der Waals surface area contributed by atoms with Gasteiger partial charge >= 0.3 is 5.97 Å². The number of rotatable bonds is 4. The number of carbonyl (C=O) groups excluding carboxylic acids is 2. The number of hydrogen-bond donors (Lipinski definition) is 0. The Morgan fingerprint density at radius 1 is 1.04 bits per heavy atom. The molecule has 0 amide bonds. The van der Waals surface area contributed by atoms with Crippen LogP contribution in [0.5, 0.6) is 0 Å². The lowest BCUT2D eigenvalue weighted by molar-refractivity contribution is -0.129. The van der Waals surface area contributed by atoms with E-state index in [0.717, 1.165) is 29.3 Å². The molecule has 0 bridgehead atoms. The average Bonchev–Trinajstić information content (AvgIpc) is 3.03. The molecule has 0 N–H and O–H groups in total. The molecule has 0 radical (unpaired) electrons. The molecule has 0 unspecified atom stereocenters. The smallest absolute Gasteiger partial charge is 0.355 e. The summed E-state index contributed by atoms with van der Waals surface area (Å²) >= 11 is 0. The van der Waals surface area contributed by atoms with E-state index in [1.54, 1.807) is 0 Å². The molecule has 1 saturated carbocycles. The number of nitrogens with zero attached hydrogens (tertiary/aromatic N) is 1. The highest BCUT2D eigenvalue weighted by Gasteiger charge is 2.27. The maximum absolute atomic E-state index is 12.8. The minimum absolute atomic E-state index is 0.0373. The first-order valence-corrected chi connectivity index (χ1v) is 9.08. The van der Waals surface area contributed by atoms with Crippen LogP contribution in [0.15, 0.2) is 60.7 Å². The van der Waals surface area contributed by atoms with Gasteiger partial charge in [0.2, 0.25) is 0 Å². The van der Waals surface area contributed by atoms with E-state index >= 15 is 0 Å². The molecule has 1 aliphatic rings. The van der Waals surface area contributed by atoms with Gasteiger partial charge in [0.1, 0.15) is 5.69 Å². The van der Waals surface area contributed by atoms with E-state index in [2.05, 4.69) is 0 Å². The molecule has 4 nitrogen and oxygen atoms in total. The highest BCUT2D eigenvalue weighted by atomic mass is 16.5. The molecule has 0 spiro atoms. The molecule has 1 atom stereocenters. The highest BCUT2D eigenvalue weighted by molar-refractivity contribution is 5.97. The summed E-state index contributed by atoms with van der Waals surface area (Å²) in [6, 6.07) is 19.8. The van der Waals surface area contributed by atoms with Crippen molar-refractivity contribution in [3.05, 3.63) is 71.9 Å². The Morgan fingerprint density at radius 3 is 2.62 bits per heavy atom. The Kier molecular flexibility index (Phi) is 4.57. The lowest BCUT2D eigenvalue weighted by atomic mass is 9.96. The number of esters is 1. The molecular weight excluding hydrogens is 326 g/mol. The molecular formula is C22H21NO3. The van der Waals surface area contributed by atoms with Crippen molar-refractivity contribution >= 4 is 22.7 Å². The predicted molar refractivity (Wildman–Crippen MR) is 100 cm³/mol. The van der Waals surface area contributed by atoms with Gasteiger partial charge in [-0.3, -0.25) is 4.79 Å². The molecule has 3 aromatic rings. The normalized spacial score (nSPS) is 17.4. The number of para-hydroxylation sites is 1. The Bertz CT molecular complexity index is 942. The maximum atomic E-state index is 12.8. The summed E-state index contributed by atoms with van der Waals surface area (Å²) in [5.41, 5.74) is 2.59. The lowest BCUT2D eigenvalue weighted by Crippen LogP contribution is -2.30. The second-order valence-corrected chi connectivity index (χ2v) is 6.77.